The first kappa shape index (κ1) is 35.8. The Hall–Kier alpha value is -4.04. The molecule has 0 bridgehead atoms. The van der Waals surface area contributed by atoms with Crippen LogP contribution in [0.1, 0.15) is 41.4 Å². The van der Waals surface area contributed by atoms with Crippen molar-refractivity contribution in [3.63, 3.8) is 0 Å². The van der Waals surface area contributed by atoms with Crippen LogP contribution in [0.5, 0.6) is 0 Å². The van der Waals surface area contributed by atoms with Crippen LogP contribution in [0.4, 0.5) is 11.4 Å². The van der Waals surface area contributed by atoms with E-state index >= 15 is 0 Å². The molecule has 0 aromatic heterocycles. The van der Waals surface area contributed by atoms with Crippen molar-refractivity contribution in [1.82, 2.24) is 9.80 Å². The number of benzene rings is 4. The highest BCUT2D eigenvalue weighted by molar-refractivity contribution is 8.87. The molecule has 2 aliphatic heterocycles. The number of aliphatic imine (C=N–C) groups is 2. The third kappa shape index (κ3) is 7.65. The van der Waals surface area contributed by atoms with Gasteiger partial charge in [-0.25, -0.2) is 9.98 Å². The predicted octanol–water partition coefficient (Wildman–Crippen LogP) is 8.98. The van der Waals surface area contributed by atoms with Crippen LogP contribution in [0.25, 0.3) is 0 Å². The van der Waals surface area contributed by atoms with Gasteiger partial charge in [0, 0.05) is 21.6 Å². The Bertz CT molecular complexity index is 1880. The van der Waals surface area contributed by atoms with Crippen LogP contribution in [0.3, 0.4) is 0 Å². The molecule has 254 valence electrons. The standard InChI is InChI=1S/C34H22Cl4N4O6S2/c35-23-11-5-13-25(27(23)37)39-33(47-17-15-41-29(43)19-7-1-2-8-20(19)30(41)44)49-50-34(40-26-14-6-12-24(36)28(26)38)48-18-16-42-31(45)21-9-3-4-10-22(21)32(42)46/h1-14H,15-18H2. The quantitative estimate of drug-likeness (QED) is 0.0752. The summed E-state index contributed by atoms with van der Waals surface area (Å²) in [6, 6.07) is 22.9. The number of nitrogens with zero attached hydrogens (tertiary/aromatic N) is 4. The van der Waals surface area contributed by atoms with Crippen molar-refractivity contribution >= 4 is 113 Å². The van der Waals surface area contributed by atoms with Gasteiger partial charge < -0.3 is 9.47 Å². The molecular formula is C34H22Cl4N4O6S2. The monoisotopic (exact) mass is 786 g/mol. The van der Waals surface area contributed by atoms with E-state index in [0.717, 1.165) is 31.4 Å². The van der Waals surface area contributed by atoms with Gasteiger partial charge in [0.1, 0.15) is 13.2 Å². The first-order valence-electron chi connectivity index (χ1n) is 14.7. The highest BCUT2D eigenvalue weighted by atomic mass is 35.5. The molecule has 2 heterocycles. The van der Waals surface area contributed by atoms with Gasteiger partial charge in [0.05, 0.1) is 66.8 Å². The number of halogens is 4. The van der Waals surface area contributed by atoms with E-state index in [-0.39, 0.29) is 56.9 Å². The van der Waals surface area contributed by atoms with Crippen LogP contribution in [0.15, 0.2) is 94.9 Å². The van der Waals surface area contributed by atoms with Gasteiger partial charge in [0.15, 0.2) is 0 Å². The number of carbonyl (C=O) groups is 4. The van der Waals surface area contributed by atoms with Gasteiger partial charge >= 0.3 is 0 Å². The molecule has 0 aliphatic carbocycles. The smallest absolute Gasteiger partial charge is 0.262 e. The lowest BCUT2D eigenvalue weighted by Gasteiger charge is -2.16. The van der Waals surface area contributed by atoms with Gasteiger partial charge in [0.25, 0.3) is 34.1 Å². The summed E-state index contributed by atoms with van der Waals surface area (Å²) >= 11 is 25.3. The van der Waals surface area contributed by atoms with E-state index in [1.807, 2.05) is 0 Å². The zero-order valence-corrected chi connectivity index (χ0v) is 30.1. The number of ether oxygens (including phenoxy) is 2. The lowest BCUT2D eigenvalue weighted by Crippen LogP contribution is -2.33. The Kier molecular flexibility index (Phi) is 11.4. The van der Waals surface area contributed by atoms with Gasteiger partial charge in [0.2, 0.25) is 0 Å². The Morgan fingerprint density at radius 3 is 1.20 bits per heavy atom. The molecule has 0 fully saturated rings. The summed E-state index contributed by atoms with van der Waals surface area (Å²) in [6.45, 7) is -0.335. The number of imide groups is 2. The topological polar surface area (TPSA) is 118 Å². The van der Waals surface area contributed by atoms with E-state index in [0.29, 0.717) is 33.6 Å². The number of amides is 4. The maximum Gasteiger partial charge on any atom is 0.262 e. The van der Waals surface area contributed by atoms with Gasteiger partial charge in [-0.05, 0) is 48.5 Å². The van der Waals surface area contributed by atoms with Crippen LogP contribution >= 0.6 is 68.0 Å². The SMILES string of the molecule is O=C1c2ccccc2C(=O)N1CCOC(=Nc1cccc(Cl)c1Cl)SSC(=Nc1cccc(Cl)c1Cl)OCCN1C(=O)c2ccccc2C1=O. The van der Waals surface area contributed by atoms with Crippen molar-refractivity contribution in [2.75, 3.05) is 26.3 Å². The molecule has 10 nitrogen and oxygen atoms in total. The molecular weight excluding hydrogens is 766 g/mol. The summed E-state index contributed by atoms with van der Waals surface area (Å²) in [4.78, 5) is 62.8. The third-order valence-corrected chi connectivity index (χ3v) is 10.8. The molecule has 0 radical (unpaired) electrons. The highest BCUT2D eigenvalue weighted by Crippen LogP contribution is 2.37. The van der Waals surface area contributed by atoms with Gasteiger partial charge in [-0.3, -0.25) is 29.0 Å². The second kappa shape index (κ2) is 15.9. The fourth-order valence-electron chi connectivity index (χ4n) is 4.91. The molecule has 4 amide bonds. The Labute approximate surface area is 313 Å². The Morgan fingerprint density at radius 2 is 0.860 bits per heavy atom. The first-order valence-corrected chi connectivity index (χ1v) is 18.4. The van der Waals surface area contributed by atoms with Crippen LogP contribution in [0, 0.1) is 0 Å². The average molecular weight is 789 g/mol. The Balaban J connectivity index is 1.20. The van der Waals surface area contributed by atoms with E-state index in [1.54, 1.807) is 84.9 Å². The molecule has 16 heteroatoms. The lowest BCUT2D eigenvalue weighted by atomic mass is 10.1. The fraction of sp³-hybridized carbons (Fsp3) is 0.118. The summed E-state index contributed by atoms with van der Waals surface area (Å²) in [5.74, 6) is -1.70. The summed E-state index contributed by atoms with van der Waals surface area (Å²) in [7, 11) is 1.98. The minimum absolute atomic E-state index is 0.0598. The molecule has 0 N–H and O–H groups in total. The third-order valence-electron chi connectivity index (χ3n) is 7.31. The van der Waals surface area contributed by atoms with E-state index in [2.05, 4.69) is 9.98 Å². The maximum absolute atomic E-state index is 12.9. The summed E-state index contributed by atoms with van der Waals surface area (Å²) < 4.78 is 12.0. The van der Waals surface area contributed by atoms with Gasteiger partial charge in [-0.2, -0.15) is 0 Å². The van der Waals surface area contributed by atoms with Crippen LogP contribution in [-0.2, 0) is 9.47 Å². The molecule has 0 saturated carbocycles. The maximum atomic E-state index is 12.9. The number of carbonyl (C=O) groups excluding carboxylic acids is 4. The minimum atomic E-state index is -0.424. The lowest BCUT2D eigenvalue weighted by molar-refractivity contribution is 0.0615. The van der Waals surface area contributed by atoms with E-state index in [9.17, 15) is 19.2 Å². The van der Waals surface area contributed by atoms with Gasteiger partial charge in [-0.15, -0.1) is 0 Å². The summed E-state index contributed by atoms with van der Waals surface area (Å²) in [5, 5.41) is 1.01. The predicted molar refractivity (Wildman–Crippen MR) is 198 cm³/mol. The molecule has 2 aliphatic rings. The molecule has 6 rings (SSSR count). The fourth-order valence-corrected chi connectivity index (χ4v) is 7.20. The molecule has 0 saturated heterocycles. The number of rotatable bonds is 8. The second-order valence-corrected chi connectivity index (χ2v) is 14.0. The molecule has 0 spiro atoms. The van der Waals surface area contributed by atoms with Crippen LogP contribution < -0.4 is 0 Å². The number of hydrogen-bond acceptors (Lipinski definition) is 10. The second-order valence-electron chi connectivity index (χ2n) is 10.4. The van der Waals surface area contributed by atoms with E-state index < -0.39 is 23.6 Å². The molecule has 4 aromatic carbocycles. The van der Waals surface area contributed by atoms with E-state index in [4.69, 9.17) is 55.9 Å². The molecule has 4 aromatic rings. The average Bonchev–Trinajstić information content (AvgIpc) is 3.51. The molecule has 0 atom stereocenters. The zero-order valence-electron chi connectivity index (χ0n) is 25.5. The summed E-state index contributed by atoms with van der Waals surface area (Å²) in [5.41, 5.74) is 1.88. The van der Waals surface area contributed by atoms with Crippen molar-refractivity contribution < 1.29 is 28.7 Å². The van der Waals surface area contributed by atoms with Crippen molar-refractivity contribution in [2.24, 2.45) is 9.98 Å². The highest BCUT2D eigenvalue weighted by Gasteiger charge is 2.36. The van der Waals surface area contributed by atoms with Gasteiger partial charge in [-0.1, -0.05) is 82.8 Å². The van der Waals surface area contributed by atoms with Crippen LogP contribution in [-0.4, -0.2) is 70.2 Å². The molecule has 50 heavy (non-hydrogen) atoms. The van der Waals surface area contributed by atoms with Crippen molar-refractivity contribution in [3.8, 4) is 0 Å². The summed E-state index contributed by atoms with van der Waals surface area (Å²) in [6.07, 6.45) is 0. The number of hydrogen-bond donors (Lipinski definition) is 0. The molecule has 0 unspecified atom stereocenters. The van der Waals surface area contributed by atoms with Crippen molar-refractivity contribution in [3.05, 3.63) is 127 Å². The largest absolute Gasteiger partial charge is 0.470 e. The number of fused-ring (bicyclic) bond motifs is 2. The first-order chi connectivity index (χ1) is 24.1. The van der Waals surface area contributed by atoms with Crippen LogP contribution in [0.2, 0.25) is 20.1 Å². The van der Waals surface area contributed by atoms with Crippen molar-refractivity contribution in [2.45, 2.75) is 0 Å². The zero-order chi connectivity index (χ0) is 35.4. The van der Waals surface area contributed by atoms with Crippen molar-refractivity contribution in [1.29, 1.82) is 0 Å². The normalized spacial score (nSPS) is 14.4. The Morgan fingerprint density at radius 1 is 0.520 bits per heavy atom. The minimum Gasteiger partial charge on any atom is -0.470 e. The van der Waals surface area contributed by atoms with E-state index in [1.165, 1.54) is 0 Å².